The van der Waals surface area contributed by atoms with E-state index < -0.39 is 0 Å². The molecule has 146 valence electrons. The van der Waals surface area contributed by atoms with Gasteiger partial charge in [-0.15, -0.1) is 0 Å². The highest BCUT2D eigenvalue weighted by Crippen LogP contribution is 2.32. The highest BCUT2D eigenvalue weighted by Gasteiger charge is 2.50. The van der Waals surface area contributed by atoms with Gasteiger partial charge in [-0.2, -0.15) is 0 Å². The van der Waals surface area contributed by atoms with Crippen LogP contribution < -0.4 is 0 Å². The van der Waals surface area contributed by atoms with E-state index in [1.807, 2.05) is 17.0 Å². The number of amides is 2. The molecule has 2 amide bonds. The first-order valence-electron chi connectivity index (χ1n) is 9.64. The largest absolute Gasteiger partial charge is 0.442 e. The third-order valence-corrected chi connectivity index (χ3v) is 6.10. The topological polar surface area (TPSA) is 53.1 Å². The predicted molar refractivity (Wildman–Crippen MR) is 97.6 cm³/mol. The number of halogens is 1. The monoisotopic (exact) mass is 375 g/mol. The van der Waals surface area contributed by atoms with Crippen molar-refractivity contribution in [1.82, 2.24) is 14.7 Å². The van der Waals surface area contributed by atoms with Crippen molar-refractivity contribution in [2.24, 2.45) is 0 Å². The number of aryl methyl sites for hydroxylation is 1. The molecule has 0 radical (unpaired) electrons. The summed E-state index contributed by atoms with van der Waals surface area (Å²) in [6, 6.07) is 5.52. The lowest BCUT2D eigenvalue weighted by Gasteiger charge is -2.37. The van der Waals surface area contributed by atoms with Gasteiger partial charge in [-0.25, -0.2) is 9.18 Å². The van der Waals surface area contributed by atoms with E-state index in [4.69, 9.17) is 4.74 Å². The van der Waals surface area contributed by atoms with Gasteiger partial charge in [0, 0.05) is 39.1 Å². The normalized spacial score (nSPS) is 26.4. The summed E-state index contributed by atoms with van der Waals surface area (Å²) in [5, 5.41) is 0. The molecule has 0 unspecified atom stereocenters. The zero-order chi connectivity index (χ0) is 19.1. The van der Waals surface area contributed by atoms with E-state index in [2.05, 4.69) is 4.90 Å². The number of piperidine rings is 1. The van der Waals surface area contributed by atoms with E-state index in [9.17, 15) is 14.0 Å². The molecule has 7 heteroatoms. The number of likely N-dealkylation sites (tertiary alicyclic amines) is 2. The lowest BCUT2D eigenvalue weighted by molar-refractivity contribution is -0.128. The summed E-state index contributed by atoms with van der Waals surface area (Å²) >= 11 is 0. The van der Waals surface area contributed by atoms with E-state index in [0.717, 1.165) is 38.0 Å². The van der Waals surface area contributed by atoms with Gasteiger partial charge in [-0.3, -0.25) is 14.6 Å². The molecule has 3 fully saturated rings. The number of carbonyl (C=O) groups is 2. The maximum atomic E-state index is 13.8. The first-order chi connectivity index (χ1) is 12.9. The molecule has 0 saturated carbocycles. The Labute approximate surface area is 158 Å². The number of nitrogens with zero attached hydrogens (tertiary/aromatic N) is 3. The Morgan fingerprint density at radius 3 is 2.67 bits per heavy atom. The standard InChI is InChI=1S/C20H26FN3O3/c1-13-3-4-15(9-17(13)21)10-22-7-5-16(6-8-22)24-18-11-23(14(2)25)12-19(18)27-20(24)26/h3-4,9,16,18-19H,5-8,10-12H2,1-2H3/t18-,19+/m1/s1. The van der Waals surface area contributed by atoms with Crippen molar-refractivity contribution in [3.8, 4) is 0 Å². The van der Waals surface area contributed by atoms with E-state index in [-0.39, 0.29) is 36.0 Å². The fourth-order valence-corrected chi connectivity index (χ4v) is 4.49. The van der Waals surface area contributed by atoms with Crippen molar-refractivity contribution in [2.45, 2.75) is 51.4 Å². The van der Waals surface area contributed by atoms with Gasteiger partial charge in [0.1, 0.15) is 11.9 Å². The molecule has 3 aliphatic heterocycles. The molecule has 1 aromatic rings. The van der Waals surface area contributed by atoms with Crippen LogP contribution in [0.15, 0.2) is 18.2 Å². The van der Waals surface area contributed by atoms with E-state index in [1.165, 1.54) is 0 Å². The lowest BCUT2D eigenvalue weighted by Crippen LogP contribution is -2.50. The maximum absolute atomic E-state index is 13.8. The number of fused-ring (bicyclic) bond motifs is 1. The number of hydrogen-bond donors (Lipinski definition) is 0. The SMILES string of the molecule is CC(=O)N1C[C@@H]2OC(=O)N(C3CCN(Cc4ccc(C)c(F)c4)CC3)[C@@H]2C1. The van der Waals surface area contributed by atoms with E-state index in [1.54, 1.807) is 24.8 Å². The average molecular weight is 375 g/mol. The molecule has 2 atom stereocenters. The van der Waals surface area contributed by atoms with E-state index >= 15 is 0 Å². The van der Waals surface area contributed by atoms with Crippen LogP contribution in [-0.4, -0.2) is 71.1 Å². The van der Waals surface area contributed by atoms with Crippen molar-refractivity contribution < 1.29 is 18.7 Å². The van der Waals surface area contributed by atoms with Crippen molar-refractivity contribution in [3.63, 3.8) is 0 Å². The second-order valence-corrected chi connectivity index (χ2v) is 7.91. The van der Waals surface area contributed by atoms with Crippen LogP contribution in [0, 0.1) is 12.7 Å². The van der Waals surface area contributed by atoms with Crippen LogP contribution in [0.25, 0.3) is 0 Å². The number of rotatable bonds is 3. The summed E-state index contributed by atoms with van der Waals surface area (Å²) in [5.74, 6) is -0.134. The molecular formula is C20H26FN3O3. The summed E-state index contributed by atoms with van der Waals surface area (Å²) < 4.78 is 19.3. The van der Waals surface area contributed by atoms with Crippen LogP contribution in [0.3, 0.4) is 0 Å². The number of carbonyl (C=O) groups excluding carboxylic acids is 2. The number of ether oxygens (including phenoxy) is 1. The minimum Gasteiger partial charge on any atom is -0.442 e. The Balaban J connectivity index is 1.35. The van der Waals surface area contributed by atoms with Crippen LogP contribution in [0.5, 0.6) is 0 Å². The van der Waals surface area contributed by atoms with Gasteiger partial charge in [-0.1, -0.05) is 12.1 Å². The van der Waals surface area contributed by atoms with Crippen LogP contribution in [0.4, 0.5) is 9.18 Å². The van der Waals surface area contributed by atoms with Gasteiger partial charge >= 0.3 is 6.09 Å². The minimum atomic E-state index is -0.243. The Morgan fingerprint density at radius 1 is 1.26 bits per heavy atom. The van der Waals surface area contributed by atoms with Crippen molar-refractivity contribution >= 4 is 12.0 Å². The smallest absolute Gasteiger partial charge is 0.410 e. The molecule has 0 bridgehead atoms. The molecule has 1 aromatic carbocycles. The Bertz CT molecular complexity index is 748. The second-order valence-electron chi connectivity index (χ2n) is 7.91. The predicted octanol–water partition coefficient (Wildman–Crippen LogP) is 2.15. The highest BCUT2D eigenvalue weighted by molar-refractivity contribution is 5.76. The number of benzene rings is 1. The van der Waals surface area contributed by atoms with Crippen molar-refractivity contribution in [3.05, 3.63) is 35.1 Å². The molecule has 0 spiro atoms. The van der Waals surface area contributed by atoms with E-state index in [0.29, 0.717) is 18.7 Å². The average Bonchev–Trinajstić information content (AvgIpc) is 3.16. The third-order valence-electron chi connectivity index (χ3n) is 6.10. The Kier molecular flexibility index (Phi) is 4.80. The van der Waals surface area contributed by atoms with Gasteiger partial charge in [0.15, 0.2) is 0 Å². The summed E-state index contributed by atoms with van der Waals surface area (Å²) in [6.45, 7) is 6.82. The molecule has 3 aliphatic rings. The third kappa shape index (κ3) is 3.52. The molecule has 3 saturated heterocycles. The Hall–Kier alpha value is -2.15. The van der Waals surface area contributed by atoms with Crippen LogP contribution >= 0.6 is 0 Å². The van der Waals surface area contributed by atoms with Crippen LogP contribution in [0.2, 0.25) is 0 Å². The quantitative estimate of drug-likeness (QED) is 0.812. The lowest BCUT2D eigenvalue weighted by atomic mass is 10.0. The second kappa shape index (κ2) is 7.11. The van der Waals surface area contributed by atoms with Gasteiger partial charge in [0.25, 0.3) is 0 Å². The number of hydrogen-bond acceptors (Lipinski definition) is 4. The molecule has 0 aliphatic carbocycles. The maximum Gasteiger partial charge on any atom is 0.410 e. The zero-order valence-electron chi connectivity index (χ0n) is 15.9. The molecular weight excluding hydrogens is 349 g/mol. The zero-order valence-corrected chi connectivity index (χ0v) is 15.9. The molecule has 3 heterocycles. The summed E-state index contributed by atoms with van der Waals surface area (Å²) in [4.78, 5) is 29.9. The van der Waals surface area contributed by atoms with Crippen LogP contribution in [-0.2, 0) is 16.1 Å². The van der Waals surface area contributed by atoms with Gasteiger partial charge < -0.3 is 9.64 Å². The fourth-order valence-electron chi connectivity index (χ4n) is 4.49. The van der Waals surface area contributed by atoms with Gasteiger partial charge in [-0.05, 0) is 37.0 Å². The molecule has 27 heavy (non-hydrogen) atoms. The molecule has 0 aromatic heterocycles. The summed E-state index contributed by atoms with van der Waals surface area (Å²) in [6.07, 6.45) is 1.29. The summed E-state index contributed by atoms with van der Waals surface area (Å²) in [7, 11) is 0. The first kappa shape index (κ1) is 18.2. The first-order valence-corrected chi connectivity index (χ1v) is 9.64. The fraction of sp³-hybridized carbons (Fsp3) is 0.600. The van der Waals surface area contributed by atoms with Crippen molar-refractivity contribution in [2.75, 3.05) is 26.2 Å². The van der Waals surface area contributed by atoms with Gasteiger partial charge in [0.05, 0.1) is 12.6 Å². The minimum absolute atomic E-state index is 0.0239. The summed E-state index contributed by atoms with van der Waals surface area (Å²) in [5.41, 5.74) is 1.64. The molecule has 0 N–H and O–H groups in total. The van der Waals surface area contributed by atoms with Crippen molar-refractivity contribution in [1.29, 1.82) is 0 Å². The van der Waals surface area contributed by atoms with Crippen LogP contribution in [0.1, 0.15) is 30.9 Å². The molecule has 6 nitrogen and oxygen atoms in total. The molecule has 4 rings (SSSR count). The highest BCUT2D eigenvalue weighted by atomic mass is 19.1. The Morgan fingerprint density at radius 2 is 2.00 bits per heavy atom. The van der Waals surface area contributed by atoms with Gasteiger partial charge in [0.2, 0.25) is 5.91 Å².